The number of nitrogens with zero attached hydrogens (tertiary/aromatic N) is 1. The average Bonchev–Trinajstić information content (AvgIpc) is 2.53. The van der Waals surface area contributed by atoms with Crippen LogP contribution in [0.1, 0.15) is 29.6 Å². The lowest BCUT2D eigenvalue weighted by Crippen LogP contribution is -2.47. The molecule has 1 aromatic rings. The number of hydrogen-bond donors (Lipinski definition) is 2. The summed E-state index contributed by atoms with van der Waals surface area (Å²) in [6.45, 7) is 1.27. The van der Waals surface area contributed by atoms with Crippen LogP contribution in [0.2, 0.25) is 0 Å². The molecule has 120 valence electrons. The number of benzene rings is 1. The largest absolute Gasteiger partial charge is 0.334 e. The summed E-state index contributed by atoms with van der Waals surface area (Å²) in [6.07, 6.45) is 3.13. The van der Waals surface area contributed by atoms with E-state index in [9.17, 15) is 9.59 Å². The second-order valence-electron chi connectivity index (χ2n) is 5.43. The molecule has 0 aromatic heterocycles. The maximum absolute atomic E-state index is 12.7. The summed E-state index contributed by atoms with van der Waals surface area (Å²) in [4.78, 5) is 27.0. The third-order valence-corrected chi connectivity index (χ3v) is 5.09. The maximum atomic E-state index is 12.7. The normalized spacial score (nSPS) is 20.7. The summed E-state index contributed by atoms with van der Waals surface area (Å²) in [5, 5.41) is 2.83. The summed E-state index contributed by atoms with van der Waals surface area (Å²) in [5.74, 6) is 0.425. The fraction of sp³-hybridized carbons (Fsp3) is 0.467. The third-order valence-electron chi connectivity index (χ3n) is 4.02. The number of likely N-dealkylation sites (tertiary alicyclic amines) is 1. The Kier molecular flexibility index (Phi) is 5.72. The molecule has 0 aliphatic carbocycles. The molecule has 2 heterocycles. The first-order valence-electron chi connectivity index (χ1n) is 7.27. The molecule has 2 aliphatic heterocycles. The number of anilines is 1. The molecule has 0 radical (unpaired) electrons. The Balaban J connectivity index is 0.00000176. The number of hydrogen-bond acceptors (Lipinski definition) is 4. The van der Waals surface area contributed by atoms with Gasteiger partial charge >= 0.3 is 0 Å². The first-order chi connectivity index (χ1) is 10.2. The van der Waals surface area contributed by atoms with Gasteiger partial charge < -0.3 is 16.0 Å². The second kappa shape index (κ2) is 7.35. The Morgan fingerprint density at radius 1 is 1.41 bits per heavy atom. The van der Waals surface area contributed by atoms with Crippen LogP contribution < -0.4 is 11.1 Å². The molecular weight excluding hydrogens is 322 g/mol. The topological polar surface area (TPSA) is 75.4 Å². The van der Waals surface area contributed by atoms with Gasteiger partial charge in [0.05, 0.1) is 11.4 Å². The fourth-order valence-corrected chi connectivity index (χ4v) is 3.68. The minimum absolute atomic E-state index is 0. The van der Waals surface area contributed by atoms with Gasteiger partial charge in [0.1, 0.15) is 0 Å². The van der Waals surface area contributed by atoms with Gasteiger partial charge in [0, 0.05) is 29.6 Å². The lowest BCUT2D eigenvalue weighted by Gasteiger charge is -2.35. The van der Waals surface area contributed by atoms with E-state index in [-0.39, 0.29) is 30.3 Å². The summed E-state index contributed by atoms with van der Waals surface area (Å²) in [6, 6.07) is 5.66. The van der Waals surface area contributed by atoms with Crippen LogP contribution in [0.5, 0.6) is 0 Å². The van der Waals surface area contributed by atoms with Crippen LogP contribution in [-0.2, 0) is 4.79 Å². The Bertz CT molecular complexity index is 582. The van der Waals surface area contributed by atoms with Crippen molar-refractivity contribution in [1.82, 2.24) is 4.90 Å². The number of carbonyl (C=O) groups is 2. The van der Waals surface area contributed by atoms with Crippen molar-refractivity contribution in [2.45, 2.75) is 30.2 Å². The summed E-state index contributed by atoms with van der Waals surface area (Å²) < 4.78 is 0. The summed E-state index contributed by atoms with van der Waals surface area (Å²) >= 11 is 1.50. The highest BCUT2D eigenvalue weighted by Gasteiger charge is 2.27. The van der Waals surface area contributed by atoms with Crippen molar-refractivity contribution in [2.24, 2.45) is 5.73 Å². The van der Waals surface area contributed by atoms with Crippen LogP contribution in [-0.4, -0.2) is 41.6 Å². The zero-order valence-electron chi connectivity index (χ0n) is 12.2. The van der Waals surface area contributed by atoms with E-state index in [0.29, 0.717) is 17.9 Å². The van der Waals surface area contributed by atoms with E-state index in [1.54, 1.807) is 6.07 Å². The van der Waals surface area contributed by atoms with Crippen molar-refractivity contribution < 1.29 is 9.59 Å². The molecule has 0 saturated carbocycles. The van der Waals surface area contributed by atoms with E-state index in [2.05, 4.69) is 5.32 Å². The highest BCUT2D eigenvalue weighted by molar-refractivity contribution is 8.00. The zero-order valence-corrected chi connectivity index (χ0v) is 13.8. The Morgan fingerprint density at radius 2 is 2.23 bits per heavy atom. The van der Waals surface area contributed by atoms with Gasteiger partial charge in [0.15, 0.2) is 0 Å². The van der Waals surface area contributed by atoms with Gasteiger partial charge in [0.2, 0.25) is 5.91 Å². The SMILES string of the molecule is Cl.NCC1CCCCN1C(=O)c1ccc2c(c1)NC(=O)CS2. The van der Waals surface area contributed by atoms with Crippen LogP contribution in [0.15, 0.2) is 23.1 Å². The van der Waals surface area contributed by atoms with Gasteiger partial charge in [-0.15, -0.1) is 24.2 Å². The Morgan fingerprint density at radius 3 is 3.00 bits per heavy atom. The standard InChI is InChI=1S/C15H19N3O2S.ClH/c16-8-11-3-1-2-6-18(11)15(20)10-4-5-13-12(7-10)17-14(19)9-21-13;/h4-5,7,11H,1-3,6,8-9,16H2,(H,17,19);1H. The smallest absolute Gasteiger partial charge is 0.254 e. The molecule has 7 heteroatoms. The number of rotatable bonds is 2. The molecule has 1 unspecified atom stereocenters. The molecule has 2 amide bonds. The van der Waals surface area contributed by atoms with Crippen LogP contribution in [0.4, 0.5) is 5.69 Å². The first-order valence-corrected chi connectivity index (χ1v) is 8.25. The Labute approximate surface area is 140 Å². The number of nitrogens with one attached hydrogen (secondary N) is 1. The van der Waals surface area contributed by atoms with Gasteiger partial charge in [-0.3, -0.25) is 9.59 Å². The number of amides is 2. The molecule has 0 spiro atoms. The minimum Gasteiger partial charge on any atom is -0.334 e. The Hall–Kier alpha value is -1.24. The van der Waals surface area contributed by atoms with E-state index < -0.39 is 0 Å². The van der Waals surface area contributed by atoms with Crippen LogP contribution >= 0.6 is 24.2 Å². The highest BCUT2D eigenvalue weighted by Crippen LogP contribution is 2.32. The fourth-order valence-electron chi connectivity index (χ4n) is 2.89. The van der Waals surface area contributed by atoms with Crippen LogP contribution in [0.3, 0.4) is 0 Å². The lowest BCUT2D eigenvalue weighted by atomic mass is 10.0. The first kappa shape index (κ1) is 17.1. The van der Waals surface area contributed by atoms with Crippen LogP contribution in [0, 0.1) is 0 Å². The average molecular weight is 342 g/mol. The number of halogens is 1. The monoisotopic (exact) mass is 341 g/mol. The van der Waals surface area contributed by atoms with Crippen LogP contribution in [0.25, 0.3) is 0 Å². The van der Waals surface area contributed by atoms with Crippen molar-refractivity contribution >= 4 is 41.7 Å². The highest BCUT2D eigenvalue weighted by atomic mass is 35.5. The molecule has 1 fully saturated rings. The predicted molar refractivity (Wildman–Crippen MR) is 90.8 cm³/mol. The molecular formula is C15H20ClN3O2S. The van der Waals surface area contributed by atoms with Crippen molar-refractivity contribution in [3.8, 4) is 0 Å². The molecule has 1 saturated heterocycles. The van der Waals surface area contributed by atoms with Crippen molar-refractivity contribution in [1.29, 1.82) is 0 Å². The quantitative estimate of drug-likeness (QED) is 0.863. The van der Waals surface area contributed by atoms with E-state index >= 15 is 0 Å². The number of fused-ring (bicyclic) bond motifs is 1. The summed E-state index contributed by atoms with van der Waals surface area (Å²) in [5.41, 5.74) is 7.15. The minimum atomic E-state index is -0.0186. The van der Waals surface area contributed by atoms with E-state index in [1.807, 2.05) is 17.0 Å². The zero-order chi connectivity index (χ0) is 14.8. The molecule has 22 heavy (non-hydrogen) atoms. The molecule has 0 bridgehead atoms. The van der Waals surface area contributed by atoms with E-state index in [0.717, 1.165) is 36.4 Å². The molecule has 3 N–H and O–H groups in total. The van der Waals surface area contributed by atoms with E-state index in [1.165, 1.54) is 11.8 Å². The van der Waals surface area contributed by atoms with E-state index in [4.69, 9.17) is 5.73 Å². The molecule has 5 nitrogen and oxygen atoms in total. The number of piperidine rings is 1. The van der Waals surface area contributed by atoms with Crippen molar-refractivity contribution in [3.05, 3.63) is 23.8 Å². The lowest BCUT2D eigenvalue weighted by molar-refractivity contribution is -0.113. The van der Waals surface area contributed by atoms with Gasteiger partial charge in [-0.1, -0.05) is 0 Å². The van der Waals surface area contributed by atoms with Gasteiger partial charge in [-0.25, -0.2) is 0 Å². The molecule has 1 atom stereocenters. The van der Waals surface area contributed by atoms with Gasteiger partial charge in [-0.05, 0) is 37.5 Å². The third kappa shape index (κ3) is 3.39. The number of nitrogens with two attached hydrogens (primary N) is 1. The number of carbonyl (C=O) groups excluding carboxylic acids is 2. The molecule has 2 aliphatic rings. The predicted octanol–water partition coefficient (Wildman–Crippen LogP) is 2.11. The number of thioether (sulfide) groups is 1. The molecule has 1 aromatic carbocycles. The van der Waals surface area contributed by atoms with Gasteiger partial charge in [0.25, 0.3) is 5.91 Å². The van der Waals surface area contributed by atoms with Gasteiger partial charge in [-0.2, -0.15) is 0 Å². The second-order valence-corrected chi connectivity index (χ2v) is 6.45. The maximum Gasteiger partial charge on any atom is 0.254 e. The molecule has 3 rings (SSSR count). The van der Waals surface area contributed by atoms with Crippen molar-refractivity contribution in [2.75, 3.05) is 24.2 Å². The summed E-state index contributed by atoms with van der Waals surface area (Å²) in [7, 11) is 0. The van der Waals surface area contributed by atoms with Crippen molar-refractivity contribution in [3.63, 3.8) is 0 Å².